The van der Waals surface area contributed by atoms with Crippen LogP contribution >= 0.6 is 0 Å². The lowest BCUT2D eigenvalue weighted by Gasteiger charge is -3.15. The Labute approximate surface area is 222 Å². The van der Waals surface area contributed by atoms with E-state index < -0.39 is 0 Å². The van der Waals surface area contributed by atoms with Crippen molar-refractivity contribution in [1.82, 2.24) is 0 Å². The predicted molar refractivity (Wildman–Crippen MR) is 148 cm³/mol. The van der Waals surface area contributed by atoms with Gasteiger partial charge in [0.15, 0.2) is 0 Å². The molecule has 19 unspecified atom stereocenters. The SMILES string of the molecule is CC1C2C3C(C)C4(C)C5(C)C1(C)C3(C)CC21C(C)C2(C)C(C)(C1C)C1(C)C2(C)C2(C)C4(C)C5(C)C12C. The first kappa shape index (κ1) is 22.8. The Morgan fingerprint density at radius 3 is 1.22 bits per heavy atom. The highest BCUT2D eigenvalue weighted by atomic mass is 15.2. The molecule has 0 aromatic rings. The van der Waals surface area contributed by atoms with Crippen molar-refractivity contribution >= 4 is 0 Å². The molecule has 36 heavy (non-hydrogen) atoms. The number of hydrogen-bond donors (Lipinski definition) is 0. The lowest BCUT2D eigenvalue weighted by molar-refractivity contribution is -0.696. The van der Waals surface area contributed by atoms with Crippen molar-refractivity contribution in [2.45, 2.75) is 117 Å². The Balaban J connectivity index is 1.56. The molecule has 0 heterocycles. The van der Waals surface area contributed by atoms with Gasteiger partial charge >= 0.3 is 0 Å². The topological polar surface area (TPSA) is 0 Å². The summed E-state index contributed by atoms with van der Waals surface area (Å²) in [5, 5.41) is 0. The third-order valence-electron chi connectivity index (χ3n) is 24.1. The summed E-state index contributed by atoms with van der Waals surface area (Å²) in [5.41, 5.74) is 5.45. The largest absolute Gasteiger partial charge is 0.0616 e. The smallest absolute Gasteiger partial charge is 0.0131 e. The van der Waals surface area contributed by atoms with Crippen LogP contribution in [0.5, 0.6) is 0 Å². The lowest BCUT2D eigenvalue weighted by Crippen LogP contribution is -3.12. The van der Waals surface area contributed by atoms with Crippen molar-refractivity contribution in [3.05, 3.63) is 0 Å². The highest BCUT2D eigenvalue weighted by Crippen LogP contribution is 3.21. The first-order valence-corrected chi connectivity index (χ1v) is 16.1. The van der Waals surface area contributed by atoms with Crippen LogP contribution in [-0.4, -0.2) is 0 Å². The van der Waals surface area contributed by atoms with Crippen LogP contribution in [0.1, 0.15) is 117 Å². The molecular weight excluding hydrogens is 432 g/mol. The fourth-order valence-electron chi connectivity index (χ4n) is 23.0. The van der Waals surface area contributed by atoms with Crippen LogP contribution in [0.25, 0.3) is 0 Å². The third-order valence-corrected chi connectivity index (χ3v) is 24.1. The zero-order chi connectivity index (χ0) is 26.7. The van der Waals surface area contributed by atoms with Gasteiger partial charge in [-0.2, -0.15) is 0 Å². The first-order valence-electron chi connectivity index (χ1n) is 16.1. The zero-order valence-corrected chi connectivity index (χ0v) is 26.7. The van der Waals surface area contributed by atoms with Crippen LogP contribution in [0, 0.1) is 106 Å². The van der Waals surface area contributed by atoms with Gasteiger partial charge < -0.3 is 0 Å². The monoisotopic (exact) mass is 488 g/mol. The second-order valence-electron chi connectivity index (χ2n) is 19.5. The molecule has 8 aliphatic carbocycles. The molecule has 4 bridgehead atoms. The molecule has 0 nitrogen and oxygen atoms in total. The maximum Gasteiger partial charge on any atom is -0.0131 e. The van der Waals surface area contributed by atoms with Gasteiger partial charge in [0.1, 0.15) is 0 Å². The summed E-state index contributed by atoms with van der Waals surface area (Å²) in [6, 6.07) is 0. The molecule has 8 fully saturated rings. The van der Waals surface area contributed by atoms with E-state index in [0.717, 1.165) is 35.5 Å². The summed E-state index contributed by atoms with van der Waals surface area (Å²) < 4.78 is 0. The van der Waals surface area contributed by atoms with E-state index >= 15 is 0 Å². The van der Waals surface area contributed by atoms with Gasteiger partial charge in [-0.25, -0.2) is 0 Å². The van der Waals surface area contributed by atoms with Gasteiger partial charge in [-0.1, -0.05) is 111 Å². The molecule has 8 rings (SSSR count). The molecule has 0 aliphatic heterocycles. The number of rotatable bonds is 0. The molecule has 1 spiro atoms. The van der Waals surface area contributed by atoms with Gasteiger partial charge in [0.2, 0.25) is 0 Å². The summed E-state index contributed by atoms with van der Waals surface area (Å²) in [5.74, 6) is 5.09. The number of hydrogen-bond acceptors (Lipinski definition) is 0. The Morgan fingerprint density at radius 1 is 0.389 bits per heavy atom. The molecular formula is C36H56. The van der Waals surface area contributed by atoms with Gasteiger partial charge in [0.05, 0.1) is 0 Å². The van der Waals surface area contributed by atoms with Crippen molar-refractivity contribution in [1.29, 1.82) is 0 Å². The van der Waals surface area contributed by atoms with Crippen molar-refractivity contribution in [3.8, 4) is 0 Å². The van der Waals surface area contributed by atoms with E-state index in [9.17, 15) is 0 Å². The van der Waals surface area contributed by atoms with Gasteiger partial charge in [-0.15, -0.1) is 0 Å². The normalized spacial score (nSPS) is 89.3. The van der Waals surface area contributed by atoms with Crippen molar-refractivity contribution < 1.29 is 0 Å². The molecule has 200 valence electrons. The van der Waals surface area contributed by atoms with E-state index in [0.29, 0.717) is 70.4 Å². The predicted octanol–water partition coefficient (Wildman–Crippen LogP) is 9.34. The summed E-state index contributed by atoms with van der Waals surface area (Å²) in [6.07, 6.45) is 1.52. The Kier molecular flexibility index (Phi) is 2.72. The van der Waals surface area contributed by atoms with Gasteiger partial charge in [0, 0.05) is 0 Å². The van der Waals surface area contributed by atoms with Crippen LogP contribution in [0.15, 0.2) is 0 Å². The van der Waals surface area contributed by atoms with Crippen LogP contribution in [0.2, 0.25) is 0 Å². The zero-order valence-electron chi connectivity index (χ0n) is 26.7. The van der Waals surface area contributed by atoms with E-state index in [1.807, 2.05) is 0 Å². The van der Waals surface area contributed by atoms with Crippen LogP contribution < -0.4 is 0 Å². The van der Waals surface area contributed by atoms with Crippen molar-refractivity contribution in [2.75, 3.05) is 0 Å². The van der Waals surface area contributed by atoms with Crippen molar-refractivity contribution in [2.24, 2.45) is 106 Å². The molecule has 0 radical (unpaired) electrons. The van der Waals surface area contributed by atoms with E-state index in [1.165, 1.54) is 6.42 Å². The fraction of sp³-hybridized carbons (Fsp3) is 1.00. The Morgan fingerprint density at radius 2 is 0.750 bits per heavy atom. The molecule has 8 aliphatic rings. The standard InChI is InChI=1S/C36H56/c1-18-22-23-19(2)25(6)24(22,5)17-36(23)20(3)27(8)28(9,21(36)4)32(13)31(27,12)34(15)30(11)26(18,7)29(25,10)33(30,14)35(32,34)16/h18-23H,17H2,1-16H3. The molecule has 0 N–H and O–H groups in total. The maximum absolute atomic E-state index is 2.90. The fourth-order valence-corrected chi connectivity index (χ4v) is 23.0. The molecule has 0 aromatic carbocycles. The Hall–Kier alpha value is 0. The Bertz CT molecular complexity index is 1250. The average Bonchev–Trinajstić information content (AvgIpc) is 3.25. The third kappa shape index (κ3) is 0.916. The minimum Gasteiger partial charge on any atom is -0.0616 e. The minimum atomic E-state index is 0.381. The molecule has 8 saturated carbocycles. The van der Waals surface area contributed by atoms with E-state index in [4.69, 9.17) is 0 Å². The van der Waals surface area contributed by atoms with Crippen LogP contribution in [0.4, 0.5) is 0 Å². The van der Waals surface area contributed by atoms with E-state index in [-0.39, 0.29) is 0 Å². The average molecular weight is 489 g/mol. The van der Waals surface area contributed by atoms with Gasteiger partial charge in [0.25, 0.3) is 0 Å². The number of fused-ring (bicyclic) bond motifs is 15. The minimum absolute atomic E-state index is 0.381. The maximum atomic E-state index is 2.90. The van der Waals surface area contributed by atoms with Crippen molar-refractivity contribution in [3.63, 3.8) is 0 Å². The summed E-state index contributed by atoms with van der Waals surface area (Å²) in [6.45, 7) is 45.7. The lowest BCUT2D eigenvalue weighted by atomic mass is 8.88. The summed E-state index contributed by atoms with van der Waals surface area (Å²) in [4.78, 5) is 0. The second-order valence-corrected chi connectivity index (χ2v) is 19.5. The summed E-state index contributed by atoms with van der Waals surface area (Å²) >= 11 is 0. The van der Waals surface area contributed by atoms with E-state index in [1.54, 1.807) is 0 Å². The molecule has 0 saturated heterocycles. The highest BCUT2D eigenvalue weighted by Gasteiger charge is 3.18. The molecule has 0 aromatic heterocycles. The quantitative estimate of drug-likeness (QED) is 0.298. The molecule has 19 atom stereocenters. The van der Waals surface area contributed by atoms with Gasteiger partial charge in [-0.3, -0.25) is 0 Å². The highest BCUT2D eigenvalue weighted by molar-refractivity contribution is 5.64. The summed E-state index contributed by atoms with van der Waals surface area (Å²) in [7, 11) is 0. The van der Waals surface area contributed by atoms with Gasteiger partial charge in [-0.05, 0) is 112 Å². The molecule has 0 amide bonds. The first-order chi connectivity index (χ1) is 16.1. The van der Waals surface area contributed by atoms with E-state index in [2.05, 4.69) is 111 Å². The second kappa shape index (κ2) is 4.30. The van der Waals surface area contributed by atoms with Crippen LogP contribution in [0.3, 0.4) is 0 Å². The van der Waals surface area contributed by atoms with Crippen LogP contribution in [-0.2, 0) is 0 Å². The molecule has 0 heteroatoms.